The van der Waals surface area contributed by atoms with Gasteiger partial charge in [-0.15, -0.1) is 0 Å². The minimum absolute atomic E-state index is 0. The summed E-state index contributed by atoms with van der Waals surface area (Å²) in [6, 6.07) is 0. The molecule has 0 aromatic carbocycles. The van der Waals surface area contributed by atoms with Gasteiger partial charge in [0.1, 0.15) is 0 Å². The number of halogens is 2. The van der Waals surface area contributed by atoms with E-state index in [1.807, 2.05) is 0 Å². The molecule has 0 spiro atoms. The molecule has 0 rings (SSSR count). The van der Waals surface area contributed by atoms with E-state index >= 15 is 0 Å². The molecule has 0 N–H and O–H groups in total. The summed E-state index contributed by atoms with van der Waals surface area (Å²) in [5.74, 6) is 0. The van der Waals surface area contributed by atoms with E-state index < -0.39 is 27.5 Å². The van der Waals surface area contributed by atoms with E-state index in [1.54, 1.807) is 0 Å². The van der Waals surface area contributed by atoms with E-state index in [2.05, 4.69) is 0 Å². The van der Waals surface area contributed by atoms with Crippen LogP contribution in [0.15, 0.2) is 0 Å². The second-order valence-corrected chi connectivity index (χ2v) is 2.25. The molecule has 0 aliphatic rings. The van der Waals surface area contributed by atoms with Crippen LogP contribution >= 0.6 is 0 Å². The Morgan fingerprint density at radius 1 is 0.500 bits per heavy atom. The average Bonchev–Trinajstić information content (AvgIpc) is 1.54. The molecule has 0 saturated carbocycles. The number of rotatable bonds is 0. The van der Waals surface area contributed by atoms with E-state index in [-0.39, 0.29) is 120 Å². The summed E-state index contributed by atoms with van der Waals surface area (Å²) in [6.45, 7) is 0. The monoisotopic (exact) mass is 406 g/mol. The second kappa shape index (κ2) is 50.6. The van der Waals surface area contributed by atoms with Crippen LogP contribution in [0.3, 0.4) is 0 Å². The number of hydrogen-bond donors (Lipinski definition) is 0. The summed E-state index contributed by atoms with van der Waals surface area (Å²) in [7, 11) is -10.9. The first-order valence-electron chi connectivity index (χ1n) is 1.84. The van der Waals surface area contributed by atoms with E-state index in [0.717, 1.165) is 0 Å². The van der Waals surface area contributed by atoms with Crippen LogP contribution in [0.5, 0.6) is 0 Å². The van der Waals surface area contributed by atoms with Gasteiger partial charge in [-0.3, -0.25) is 9.41 Å². The van der Waals surface area contributed by atoms with Crippen molar-refractivity contribution in [2.24, 2.45) is 0 Å². The fraction of sp³-hybridized carbons (Fsp3) is 0. The van der Waals surface area contributed by atoms with Crippen LogP contribution < -0.4 is 28.8 Å². The summed E-state index contributed by atoms with van der Waals surface area (Å²) < 4.78 is 25.6. The van der Waals surface area contributed by atoms with Crippen LogP contribution in [-0.2, 0) is 13.4 Å². The van der Waals surface area contributed by atoms with E-state index in [4.69, 9.17) is 42.2 Å². The maximum absolute atomic E-state index is 8.52. The Morgan fingerprint density at radius 2 is 0.500 bits per heavy atom. The normalized spacial score (nSPS) is 4.00. The third-order valence-corrected chi connectivity index (χ3v) is 0. The first-order chi connectivity index (χ1) is 5.20. The third kappa shape index (κ3) is 1040. The van der Waals surface area contributed by atoms with Gasteiger partial charge >= 0.3 is 110 Å². The van der Waals surface area contributed by atoms with Crippen molar-refractivity contribution in [2.45, 2.75) is 0 Å². The van der Waals surface area contributed by atoms with Gasteiger partial charge in [-0.2, -0.15) is 0 Å². The molecule has 0 bridgehead atoms. The fourth-order valence-electron chi connectivity index (χ4n) is 0. The van der Waals surface area contributed by atoms with Crippen molar-refractivity contribution in [1.82, 2.24) is 0 Å². The van der Waals surface area contributed by atoms with Gasteiger partial charge in [-0.25, -0.2) is 0 Å². The van der Waals surface area contributed by atoms with Gasteiger partial charge in [0.25, 0.3) is 0 Å². The zero-order valence-electron chi connectivity index (χ0n) is 7.15. The second-order valence-electron chi connectivity index (χ2n) is 0.750. The maximum atomic E-state index is 8.52. The van der Waals surface area contributed by atoms with Gasteiger partial charge in [0.15, 0.2) is 0 Å². The van der Waals surface area contributed by atoms with Gasteiger partial charge in [0, 0.05) is 27.5 Å². The summed E-state index contributed by atoms with van der Waals surface area (Å²) in [5.41, 5.74) is 0. The Bertz CT molecular complexity index is 133. The van der Waals surface area contributed by atoms with Gasteiger partial charge in [0.2, 0.25) is 0 Å². The molecule has 0 aromatic heterocycles. The van der Waals surface area contributed by atoms with Crippen molar-refractivity contribution >= 4 is 138 Å². The van der Waals surface area contributed by atoms with Gasteiger partial charge in [0.05, 0.1) is 0 Å². The molecule has 0 radical (unpaired) electrons. The molecule has 96 valence electrons. The first-order valence-corrected chi connectivity index (χ1v) is 5.51. The van der Waals surface area contributed by atoms with Crippen LogP contribution in [0.2, 0.25) is 0 Å². The van der Waals surface area contributed by atoms with Crippen LogP contribution in [-0.4, -0.2) is 138 Å². The molecule has 0 saturated heterocycles. The zero-order valence-corrected chi connectivity index (χ0v) is 12.5. The predicted octanol–water partition coefficient (Wildman–Crippen LogP) is -10.9. The van der Waals surface area contributed by atoms with Crippen molar-refractivity contribution in [3.05, 3.63) is 0 Å². The van der Waals surface area contributed by atoms with Crippen LogP contribution in [0.4, 0.5) is 9.41 Å². The zero-order chi connectivity index (χ0) is 10.7. The SMILES string of the molecule is F.F.O=[Si]([O-])[O-].O=[Si]([O-])[O-].O=[Si]([O-])[O-].[Al+3].[Al+3].[CaH2].[CaH2]. The molecular weight excluding hydrogens is 400 g/mol. The van der Waals surface area contributed by atoms with Crippen LogP contribution in [0.1, 0.15) is 0 Å². The van der Waals surface area contributed by atoms with Gasteiger partial charge < -0.3 is 42.2 Å². The first kappa shape index (κ1) is 59.2. The van der Waals surface area contributed by atoms with Crippen molar-refractivity contribution in [3.8, 4) is 0 Å². The molecule has 18 heavy (non-hydrogen) atoms. The van der Waals surface area contributed by atoms with Crippen LogP contribution in [0.25, 0.3) is 0 Å². The summed E-state index contributed by atoms with van der Waals surface area (Å²) >= 11 is 0. The molecular formula is H6Al2Ca2F2O9Si3. The summed E-state index contributed by atoms with van der Waals surface area (Å²) in [5, 5.41) is 0. The summed E-state index contributed by atoms with van der Waals surface area (Å²) in [6.07, 6.45) is 0. The third-order valence-electron chi connectivity index (χ3n) is 0. The molecule has 0 amide bonds. The standard InChI is InChI=1S/2Al.2Ca.2FH.3O3Si.4H/c;;;;;;3*1-4(2)3;;;;/h;;;;2*1H;;;;;;;/q2*+3;;;;;3*-2;;;;. The topological polar surface area (TPSA) is 190 Å². The number of hydrogen-bond acceptors (Lipinski definition) is 9. The Morgan fingerprint density at radius 3 is 0.500 bits per heavy atom. The average molecular weight is 406 g/mol. The van der Waals surface area contributed by atoms with Gasteiger partial charge in [-0.1, -0.05) is 0 Å². The Hall–Kier alpha value is 2.30. The molecule has 0 aromatic rings. The molecule has 0 aliphatic carbocycles. The van der Waals surface area contributed by atoms with Crippen molar-refractivity contribution < 1.29 is 51.6 Å². The van der Waals surface area contributed by atoms with Crippen molar-refractivity contribution in [3.63, 3.8) is 0 Å². The molecule has 0 aliphatic heterocycles. The van der Waals surface area contributed by atoms with E-state index in [0.29, 0.717) is 0 Å². The molecule has 9 nitrogen and oxygen atoms in total. The molecule has 18 heteroatoms. The van der Waals surface area contributed by atoms with E-state index in [1.165, 1.54) is 0 Å². The minimum atomic E-state index is -3.63. The molecule has 0 unspecified atom stereocenters. The fourth-order valence-corrected chi connectivity index (χ4v) is 0. The van der Waals surface area contributed by atoms with Gasteiger partial charge in [-0.05, 0) is 0 Å². The summed E-state index contributed by atoms with van der Waals surface area (Å²) in [4.78, 5) is 51.1. The Labute approximate surface area is 186 Å². The Kier molecular flexibility index (Phi) is 167. The van der Waals surface area contributed by atoms with Crippen LogP contribution in [0, 0.1) is 0 Å². The predicted molar refractivity (Wildman–Crippen MR) is 52.9 cm³/mol. The van der Waals surface area contributed by atoms with E-state index in [9.17, 15) is 0 Å². The molecule has 0 fully saturated rings. The quantitative estimate of drug-likeness (QED) is 0.351. The van der Waals surface area contributed by atoms with Crippen molar-refractivity contribution in [1.29, 1.82) is 0 Å². The van der Waals surface area contributed by atoms with Crippen molar-refractivity contribution in [2.75, 3.05) is 0 Å². The Balaban J connectivity index is -0.00000000827. The molecule has 0 atom stereocenters. The molecule has 0 heterocycles.